The van der Waals surface area contributed by atoms with Gasteiger partial charge in [-0.3, -0.25) is 0 Å². The fourth-order valence-corrected chi connectivity index (χ4v) is 2.73. The average Bonchev–Trinajstić information content (AvgIpc) is 2.60. The topological polar surface area (TPSA) is 17.1 Å². The molecule has 2 heteroatoms. The normalized spacial score (nSPS) is 51.7. The Morgan fingerprint density at radius 1 is 1.30 bits per heavy atom. The molecule has 0 aliphatic heterocycles. The lowest BCUT2D eigenvalue weighted by atomic mass is 10.0. The first-order valence-corrected chi connectivity index (χ1v) is 4.32. The number of carbonyl (C=O) groups excluding carboxylic acids is 1. The predicted molar refractivity (Wildman–Crippen MR) is 40.1 cm³/mol. The lowest BCUT2D eigenvalue weighted by Crippen LogP contribution is -2.04. The van der Waals surface area contributed by atoms with Gasteiger partial charge in [0.05, 0.1) is 0 Å². The van der Waals surface area contributed by atoms with Crippen LogP contribution in [0.1, 0.15) is 25.7 Å². The van der Waals surface area contributed by atoms with Crippen LogP contribution in [0.2, 0.25) is 0 Å². The van der Waals surface area contributed by atoms with Crippen molar-refractivity contribution in [1.82, 2.24) is 0 Å². The molecule has 0 bridgehead atoms. The second-order valence-corrected chi connectivity index (χ2v) is 4.10. The van der Waals surface area contributed by atoms with Crippen molar-refractivity contribution in [1.29, 1.82) is 0 Å². The van der Waals surface area contributed by atoms with E-state index in [2.05, 4.69) is 0 Å². The van der Waals surface area contributed by atoms with Crippen LogP contribution in [0.25, 0.3) is 0 Å². The van der Waals surface area contributed by atoms with E-state index in [1.54, 1.807) is 0 Å². The Morgan fingerprint density at radius 3 is 2.20 bits per heavy atom. The Balaban J connectivity index is 2.11. The molecule has 2 atom stereocenters. The zero-order valence-electron chi connectivity index (χ0n) is 5.85. The second-order valence-electron chi connectivity index (χ2n) is 3.44. The van der Waals surface area contributed by atoms with Gasteiger partial charge in [0, 0.05) is 0 Å². The number of hydrogen-bond donors (Lipinski definition) is 0. The van der Waals surface area contributed by atoms with Gasteiger partial charge in [0.15, 0.2) is 0 Å². The molecule has 0 heterocycles. The summed E-state index contributed by atoms with van der Waals surface area (Å²) >= 11 is 6.03. The molecule has 0 aromatic rings. The molecule has 2 rings (SSSR count). The molecule has 10 heavy (non-hydrogen) atoms. The molecule has 0 amide bonds. The highest BCUT2D eigenvalue weighted by Crippen LogP contribution is 2.61. The van der Waals surface area contributed by atoms with Crippen LogP contribution in [-0.2, 0) is 4.79 Å². The van der Waals surface area contributed by atoms with Crippen LogP contribution < -0.4 is 0 Å². The standard InChI is InChI=1S/C8H11ClO/c9-8(5-10)6-3-1-2-4-7(6)8/h5-7H,1-4H2/t6-,7-/m0/s1. The molecular weight excluding hydrogens is 148 g/mol. The summed E-state index contributed by atoms with van der Waals surface area (Å²) in [5.41, 5.74) is 0. The zero-order valence-corrected chi connectivity index (χ0v) is 6.60. The molecule has 2 aliphatic rings. The Bertz CT molecular complexity index is 155. The van der Waals surface area contributed by atoms with Gasteiger partial charge < -0.3 is 4.79 Å². The number of rotatable bonds is 1. The SMILES string of the molecule is O=CC1(Cl)[C@H]2CCCC[C@@H]21. The summed E-state index contributed by atoms with van der Waals surface area (Å²) in [5, 5.41) is 0. The van der Waals surface area contributed by atoms with Crippen LogP contribution in [0, 0.1) is 11.8 Å². The fraction of sp³-hybridized carbons (Fsp3) is 0.875. The first-order valence-electron chi connectivity index (χ1n) is 3.94. The van der Waals surface area contributed by atoms with E-state index in [9.17, 15) is 4.79 Å². The first kappa shape index (κ1) is 6.66. The molecule has 0 spiro atoms. The minimum atomic E-state index is -0.420. The van der Waals surface area contributed by atoms with Gasteiger partial charge in [0.2, 0.25) is 0 Å². The number of hydrogen-bond acceptors (Lipinski definition) is 1. The number of fused-ring (bicyclic) bond motifs is 1. The Hall–Kier alpha value is -0.0400. The van der Waals surface area contributed by atoms with Crippen LogP contribution in [0.4, 0.5) is 0 Å². The lowest BCUT2D eigenvalue weighted by Gasteiger charge is -2.04. The van der Waals surface area contributed by atoms with Crippen LogP contribution >= 0.6 is 11.6 Å². The summed E-state index contributed by atoms with van der Waals surface area (Å²) in [6.45, 7) is 0. The molecule has 0 saturated heterocycles. The van der Waals surface area contributed by atoms with Crippen LogP contribution in [-0.4, -0.2) is 11.2 Å². The summed E-state index contributed by atoms with van der Waals surface area (Å²) < 4.78 is 0. The molecule has 56 valence electrons. The van der Waals surface area contributed by atoms with Crippen molar-refractivity contribution in [2.24, 2.45) is 11.8 Å². The molecule has 2 aliphatic carbocycles. The highest BCUT2D eigenvalue weighted by atomic mass is 35.5. The number of alkyl halides is 1. The van der Waals surface area contributed by atoms with E-state index in [0.717, 1.165) is 6.29 Å². The minimum absolute atomic E-state index is 0.420. The molecule has 2 saturated carbocycles. The van der Waals surface area contributed by atoms with Crippen molar-refractivity contribution in [2.45, 2.75) is 30.6 Å². The molecule has 0 radical (unpaired) electrons. The Labute approximate surface area is 65.7 Å². The molecule has 0 unspecified atom stereocenters. The average molecular weight is 159 g/mol. The smallest absolute Gasteiger partial charge is 0.141 e. The van der Waals surface area contributed by atoms with Gasteiger partial charge in [-0.15, -0.1) is 11.6 Å². The molecule has 0 aromatic heterocycles. The maximum atomic E-state index is 10.5. The van der Waals surface area contributed by atoms with E-state index < -0.39 is 4.87 Å². The van der Waals surface area contributed by atoms with E-state index in [1.165, 1.54) is 25.7 Å². The third kappa shape index (κ3) is 0.672. The van der Waals surface area contributed by atoms with Crippen molar-refractivity contribution in [3.63, 3.8) is 0 Å². The van der Waals surface area contributed by atoms with E-state index in [4.69, 9.17) is 11.6 Å². The molecule has 1 nitrogen and oxygen atoms in total. The lowest BCUT2D eigenvalue weighted by molar-refractivity contribution is -0.108. The molecule has 0 N–H and O–H groups in total. The molecule has 2 fully saturated rings. The van der Waals surface area contributed by atoms with Crippen molar-refractivity contribution in [2.75, 3.05) is 0 Å². The van der Waals surface area contributed by atoms with Crippen LogP contribution in [0.3, 0.4) is 0 Å². The fourth-order valence-electron chi connectivity index (χ4n) is 2.27. The minimum Gasteiger partial charge on any atom is -0.301 e. The summed E-state index contributed by atoms with van der Waals surface area (Å²) in [4.78, 5) is 10.1. The highest BCUT2D eigenvalue weighted by molar-refractivity contribution is 6.34. The van der Waals surface area contributed by atoms with E-state index in [0.29, 0.717) is 11.8 Å². The van der Waals surface area contributed by atoms with E-state index in [-0.39, 0.29) is 0 Å². The molecular formula is C8H11ClO. The van der Waals surface area contributed by atoms with Gasteiger partial charge >= 0.3 is 0 Å². The van der Waals surface area contributed by atoms with Crippen molar-refractivity contribution in [3.05, 3.63) is 0 Å². The predicted octanol–water partition coefficient (Wildman–Crippen LogP) is 1.98. The summed E-state index contributed by atoms with van der Waals surface area (Å²) in [6.07, 6.45) is 5.84. The number of aldehydes is 1. The van der Waals surface area contributed by atoms with Crippen molar-refractivity contribution < 1.29 is 4.79 Å². The summed E-state index contributed by atoms with van der Waals surface area (Å²) in [7, 11) is 0. The van der Waals surface area contributed by atoms with Crippen molar-refractivity contribution in [3.8, 4) is 0 Å². The molecule has 0 aromatic carbocycles. The first-order chi connectivity index (χ1) is 4.79. The van der Waals surface area contributed by atoms with Gasteiger partial charge in [-0.25, -0.2) is 0 Å². The maximum absolute atomic E-state index is 10.5. The summed E-state index contributed by atoms with van der Waals surface area (Å²) in [5.74, 6) is 1.06. The van der Waals surface area contributed by atoms with Gasteiger partial charge in [-0.1, -0.05) is 12.8 Å². The number of carbonyl (C=O) groups is 1. The maximum Gasteiger partial charge on any atom is 0.141 e. The van der Waals surface area contributed by atoms with Gasteiger partial charge in [-0.2, -0.15) is 0 Å². The van der Waals surface area contributed by atoms with E-state index in [1.807, 2.05) is 0 Å². The van der Waals surface area contributed by atoms with Crippen LogP contribution in [0.15, 0.2) is 0 Å². The number of halogens is 1. The zero-order chi connectivity index (χ0) is 7.19. The quantitative estimate of drug-likeness (QED) is 0.421. The third-order valence-electron chi connectivity index (χ3n) is 2.97. The Kier molecular flexibility index (Phi) is 1.31. The van der Waals surface area contributed by atoms with Crippen molar-refractivity contribution >= 4 is 17.9 Å². The third-order valence-corrected chi connectivity index (χ3v) is 3.62. The van der Waals surface area contributed by atoms with Gasteiger partial charge in [-0.05, 0) is 24.7 Å². The van der Waals surface area contributed by atoms with Gasteiger partial charge in [0.1, 0.15) is 11.2 Å². The largest absolute Gasteiger partial charge is 0.301 e. The van der Waals surface area contributed by atoms with E-state index >= 15 is 0 Å². The highest BCUT2D eigenvalue weighted by Gasteiger charge is 2.63. The summed E-state index contributed by atoms with van der Waals surface area (Å²) in [6, 6.07) is 0. The Morgan fingerprint density at radius 2 is 1.80 bits per heavy atom. The van der Waals surface area contributed by atoms with Gasteiger partial charge in [0.25, 0.3) is 0 Å². The van der Waals surface area contributed by atoms with Crippen LogP contribution in [0.5, 0.6) is 0 Å². The monoisotopic (exact) mass is 158 g/mol. The second kappa shape index (κ2) is 1.97.